The Morgan fingerprint density at radius 3 is 2.25 bits per heavy atom. The van der Waals surface area contributed by atoms with Crippen LogP contribution in [0.4, 0.5) is 0 Å². The molecule has 0 spiro atoms. The first-order chi connectivity index (χ1) is 5.76. The van der Waals surface area contributed by atoms with E-state index in [9.17, 15) is 0 Å². The number of piperidine rings is 1. The predicted octanol–water partition coefficient (Wildman–Crippen LogP) is -1.28. The minimum Gasteiger partial charge on any atom is -0.351 e. The van der Waals surface area contributed by atoms with E-state index in [-0.39, 0.29) is 5.54 Å². The van der Waals surface area contributed by atoms with Crippen LogP contribution in [0.5, 0.6) is 0 Å². The minimum atomic E-state index is -0.340. The number of nitrogens with one attached hydrogen (secondary N) is 2. The third-order valence-electron chi connectivity index (χ3n) is 2.35. The molecular formula is C7H11B2N3. The lowest BCUT2D eigenvalue weighted by molar-refractivity contribution is 0.160. The monoisotopic (exact) mass is 159 g/mol. The molecule has 12 heavy (non-hydrogen) atoms. The van der Waals surface area contributed by atoms with Crippen molar-refractivity contribution in [2.75, 3.05) is 13.1 Å². The Balaban J connectivity index is 2.49. The van der Waals surface area contributed by atoms with Crippen LogP contribution in [0.3, 0.4) is 0 Å². The highest BCUT2D eigenvalue weighted by molar-refractivity contribution is 6.05. The third-order valence-corrected chi connectivity index (χ3v) is 2.35. The molecule has 0 aromatic heterocycles. The number of terminal acetylenes is 1. The first-order valence-corrected chi connectivity index (χ1v) is 3.93. The van der Waals surface area contributed by atoms with Gasteiger partial charge in [0.15, 0.2) is 7.98 Å². The fraction of sp³-hybridized carbons (Fsp3) is 0.714. The lowest BCUT2D eigenvalue weighted by atomic mass is 9.87. The Labute approximate surface area is 76.1 Å². The van der Waals surface area contributed by atoms with Crippen LogP contribution >= 0.6 is 0 Å². The van der Waals surface area contributed by atoms with Gasteiger partial charge in [-0.05, 0) is 12.8 Å². The zero-order chi connectivity index (χ0) is 9.03. The maximum absolute atomic E-state index is 5.37. The summed E-state index contributed by atoms with van der Waals surface area (Å²) in [5, 5.41) is 7.18. The quantitative estimate of drug-likeness (QED) is 0.387. The number of nitrogens with zero attached hydrogens (tertiary/aromatic N) is 1. The van der Waals surface area contributed by atoms with E-state index in [0.29, 0.717) is 0 Å². The topological polar surface area (TPSA) is 27.3 Å². The van der Waals surface area contributed by atoms with E-state index in [2.05, 4.69) is 16.5 Å². The Hall–Kier alpha value is -0.430. The Morgan fingerprint density at radius 2 is 1.92 bits per heavy atom. The van der Waals surface area contributed by atoms with Crippen molar-refractivity contribution in [1.29, 1.82) is 0 Å². The van der Waals surface area contributed by atoms with Crippen molar-refractivity contribution in [2.24, 2.45) is 0 Å². The van der Waals surface area contributed by atoms with Crippen molar-refractivity contribution in [3.8, 4) is 12.3 Å². The Morgan fingerprint density at radius 1 is 1.33 bits per heavy atom. The molecule has 0 aromatic carbocycles. The van der Waals surface area contributed by atoms with Crippen LogP contribution in [-0.4, -0.2) is 39.6 Å². The number of hydrogen-bond donors (Lipinski definition) is 2. The summed E-state index contributed by atoms with van der Waals surface area (Å²) in [6.07, 6.45) is 6.99. The van der Waals surface area contributed by atoms with Gasteiger partial charge in [-0.2, -0.15) is 0 Å². The molecule has 1 heterocycles. The van der Waals surface area contributed by atoms with Gasteiger partial charge in [0, 0.05) is 13.1 Å². The largest absolute Gasteiger partial charge is 0.351 e. The molecule has 0 saturated carbocycles. The molecule has 1 saturated heterocycles. The van der Waals surface area contributed by atoms with Crippen LogP contribution in [-0.2, 0) is 0 Å². The third kappa shape index (κ3) is 1.84. The van der Waals surface area contributed by atoms with Crippen LogP contribution in [0.2, 0.25) is 0 Å². The van der Waals surface area contributed by atoms with Crippen molar-refractivity contribution >= 4 is 16.0 Å². The summed E-state index contributed by atoms with van der Waals surface area (Å²) >= 11 is 0. The van der Waals surface area contributed by atoms with Gasteiger partial charge in [-0.3, -0.25) is 5.01 Å². The first kappa shape index (κ1) is 9.66. The number of rotatable bonds is 2. The predicted molar refractivity (Wildman–Crippen MR) is 50.2 cm³/mol. The number of hydrogen-bond acceptors (Lipinski definition) is 3. The average Bonchev–Trinajstić information content (AvgIpc) is 2.18. The lowest BCUT2D eigenvalue weighted by Gasteiger charge is -2.38. The molecule has 0 unspecified atom stereocenters. The Bertz CT molecular complexity index is 182. The van der Waals surface area contributed by atoms with Gasteiger partial charge in [0.05, 0.1) is 5.54 Å². The van der Waals surface area contributed by atoms with E-state index in [0.717, 1.165) is 25.9 Å². The van der Waals surface area contributed by atoms with E-state index >= 15 is 0 Å². The SMILES string of the molecule is [B]NN1CCC(C#C)(N[B])CC1. The highest BCUT2D eigenvalue weighted by Crippen LogP contribution is 2.19. The van der Waals surface area contributed by atoms with E-state index in [1.165, 1.54) is 0 Å². The molecule has 5 heteroatoms. The van der Waals surface area contributed by atoms with Crippen molar-refractivity contribution < 1.29 is 0 Å². The van der Waals surface area contributed by atoms with E-state index in [4.69, 9.17) is 22.4 Å². The van der Waals surface area contributed by atoms with Crippen molar-refractivity contribution in [3.05, 3.63) is 0 Å². The molecule has 1 rings (SSSR count). The van der Waals surface area contributed by atoms with Gasteiger partial charge in [-0.1, -0.05) is 5.92 Å². The smallest absolute Gasteiger partial charge is 0.202 e. The van der Waals surface area contributed by atoms with Gasteiger partial charge in [-0.25, -0.2) is 0 Å². The highest BCUT2D eigenvalue weighted by Gasteiger charge is 2.29. The molecule has 0 bridgehead atoms. The van der Waals surface area contributed by atoms with Crippen LogP contribution < -0.4 is 10.6 Å². The van der Waals surface area contributed by atoms with Crippen LogP contribution in [0.25, 0.3) is 0 Å². The van der Waals surface area contributed by atoms with E-state index in [1.807, 2.05) is 5.01 Å². The normalized spacial score (nSPS) is 23.2. The van der Waals surface area contributed by atoms with E-state index < -0.39 is 0 Å². The first-order valence-electron chi connectivity index (χ1n) is 3.93. The fourth-order valence-electron chi connectivity index (χ4n) is 1.35. The zero-order valence-electron chi connectivity index (χ0n) is 7.01. The summed E-state index contributed by atoms with van der Waals surface area (Å²) in [7, 11) is 10.6. The summed E-state index contributed by atoms with van der Waals surface area (Å²) < 4.78 is 0. The summed E-state index contributed by atoms with van der Waals surface area (Å²) in [5.41, 5.74) is -0.340. The molecule has 0 amide bonds. The Kier molecular flexibility index (Phi) is 3.21. The van der Waals surface area contributed by atoms with Gasteiger partial charge in [0.1, 0.15) is 0 Å². The van der Waals surface area contributed by atoms with Gasteiger partial charge < -0.3 is 10.6 Å². The second-order valence-corrected chi connectivity index (χ2v) is 2.99. The van der Waals surface area contributed by atoms with E-state index in [1.54, 1.807) is 0 Å². The molecule has 0 aliphatic carbocycles. The van der Waals surface area contributed by atoms with Crippen molar-refractivity contribution in [1.82, 2.24) is 15.6 Å². The van der Waals surface area contributed by atoms with Crippen molar-refractivity contribution in [2.45, 2.75) is 18.4 Å². The molecule has 4 radical (unpaired) electrons. The maximum Gasteiger partial charge on any atom is 0.202 e. The lowest BCUT2D eigenvalue weighted by Crippen LogP contribution is -2.54. The van der Waals surface area contributed by atoms with Gasteiger partial charge >= 0.3 is 0 Å². The summed E-state index contributed by atoms with van der Waals surface area (Å²) in [4.78, 5) is 0. The van der Waals surface area contributed by atoms with Crippen LogP contribution in [0.1, 0.15) is 12.8 Å². The molecule has 1 aliphatic rings. The van der Waals surface area contributed by atoms with Gasteiger partial charge in [0.25, 0.3) is 0 Å². The van der Waals surface area contributed by atoms with Gasteiger partial charge in [0.2, 0.25) is 7.98 Å². The summed E-state index contributed by atoms with van der Waals surface area (Å²) in [6.45, 7) is 1.62. The molecule has 1 fully saturated rings. The second-order valence-electron chi connectivity index (χ2n) is 2.99. The molecule has 3 nitrogen and oxygen atoms in total. The summed E-state index contributed by atoms with van der Waals surface area (Å²) in [5.74, 6) is 2.68. The molecule has 0 aromatic rings. The fourth-order valence-corrected chi connectivity index (χ4v) is 1.35. The molecule has 1 aliphatic heterocycles. The molecular weight excluding hydrogens is 148 g/mol. The number of hydrazine groups is 1. The molecule has 2 N–H and O–H groups in total. The van der Waals surface area contributed by atoms with Crippen molar-refractivity contribution in [3.63, 3.8) is 0 Å². The summed E-state index contributed by atoms with van der Waals surface area (Å²) in [6, 6.07) is 0. The average molecular weight is 159 g/mol. The van der Waals surface area contributed by atoms with Crippen LogP contribution in [0.15, 0.2) is 0 Å². The minimum absolute atomic E-state index is 0.340. The zero-order valence-corrected chi connectivity index (χ0v) is 7.01. The molecule has 60 valence electrons. The maximum atomic E-state index is 5.37. The standard InChI is InChI=1S/C7H11B2N3/c1-2-7(10-8)3-5-12(11-9)6-4-7/h1,10-11H,3-6H2. The second kappa shape index (κ2) is 3.99. The van der Waals surface area contributed by atoms with Gasteiger partial charge in [-0.15, -0.1) is 6.42 Å². The van der Waals surface area contributed by atoms with Crippen LogP contribution in [0, 0.1) is 12.3 Å². The molecule has 0 atom stereocenters. The highest BCUT2D eigenvalue weighted by atomic mass is 15.5.